The number of ether oxygens (including phenoxy) is 1. The maximum Gasteiger partial charge on any atom is 0.306 e. The van der Waals surface area contributed by atoms with Crippen LogP contribution in [-0.2, 0) is 20.7 Å². The maximum atomic E-state index is 12.0. The molecule has 1 amide bonds. The third kappa shape index (κ3) is 5.17. The Kier molecular flexibility index (Phi) is 6.38. The summed E-state index contributed by atoms with van der Waals surface area (Å²) in [6.45, 7) is -0.625. The van der Waals surface area contributed by atoms with Crippen molar-refractivity contribution in [2.24, 2.45) is 0 Å². The van der Waals surface area contributed by atoms with Gasteiger partial charge in [-0.05, 0) is 24.3 Å². The number of aromatic amines is 1. The van der Waals surface area contributed by atoms with Crippen molar-refractivity contribution in [3.05, 3.63) is 73.8 Å². The molecule has 0 saturated carbocycles. The van der Waals surface area contributed by atoms with E-state index in [1.165, 1.54) is 12.1 Å². The summed E-state index contributed by atoms with van der Waals surface area (Å²) in [6.07, 6.45) is -0.00116. The standard InChI is InChI=1S/C19H15ClN4O6/c20-11-5-6-14(15(9-11)24(28)29)22-17(25)10-30-18(26)8-7-16-21-13-4-2-1-3-12(13)19(27)23-16/h1-6,9H,7-8,10H2,(H,22,25)(H,21,23,27). The Morgan fingerprint density at radius 3 is 2.77 bits per heavy atom. The van der Waals surface area contributed by atoms with Crippen molar-refractivity contribution in [1.29, 1.82) is 0 Å². The Balaban J connectivity index is 1.53. The van der Waals surface area contributed by atoms with Crippen molar-refractivity contribution in [3.8, 4) is 0 Å². The number of aromatic nitrogens is 2. The van der Waals surface area contributed by atoms with E-state index in [-0.39, 0.29) is 34.8 Å². The Morgan fingerprint density at radius 2 is 2.00 bits per heavy atom. The predicted octanol–water partition coefficient (Wildman–Crippen LogP) is 2.60. The van der Waals surface area contributed by atoms with E-state index in [1.54, 1.807) is 24.3 Å². The zero-order chi connectivity index (χ0) is 21.7. The van der Waals surface area contributed by atoms with Crippen LogP contribution in [0.3, 0.4) is 0 Å². The number of carbonyl (C=O) groups is 2. The summed E-state index contributed by atoms with van der Waals surface area (Å²) in [7, 11) is 0. The lowest BCUT2D eigenvalue weighted by molar-refractivity contribution is -0.383. The second-order valence-corrected chi connectivity index (χ2v) is 6.59. The normalized spacial score (nSPS) is 10.6. The van der Waals surface area contributed by atoms with Crippen molar-refractivity contribution >= 4 is 45.8 Å². The van der Waals surface area contributed by atoms with E-state index in [9.17, 15) is 24.5 Å². The van der Waals surface area contributed by atoms with Gasteiger partial charge in [-0.1, -0.05) is 23.7 Å². The Morgan fingerprint density at radius 1 is 1.23 bits per heavy atom. The molecule has 10 nitrogen and oxygen atoms in total. The molecule has 154 valence electrons. The van der Waals surface area contributed by atoms with E-state index in [1.807, 2.05) is 0 Å². The number of hydrogen-bond acceptors (Lipinski definition) is 7. The molecule has 11 heteroatoms. The summed E-state index contributed by atoms with van der Waals surface area (Å²) in [5, 5.41) is 13.9. The minimum Gasteiger partial charge on any atom is -0.456 e. The SMILES string of the molecule is O=C(COC(=O)CCc1nc2ccccc2c(=O)[nH]1)Nc1ccc(Cl)cc1[N+](=O)[O-]. The summed E-state index contributed by atoms with van der Waals surface area (Å²) in [5.41, 5.74) is -0.252. The Hall–Kier alpha value is -3.79. The molecule has 3 aromatic rings. The fourth-order valence-corrected chi connectivity index (χ4v) is 2.81. The fraction of sp³-hybridized carbons (Fsp3) is 0.158. The Bertz CT molecular complexity index is 1190. The number of nitrogens with one attached hydrogen (secondary N) is 2. The number of halogens is 1. The number of H-pyrrole nitrogens is 1. The summed E-state index contributed by atoms with van der Waals surface area (Å²) >= 11 is 5.71. The first-order chi connectivity index (χ1) is 14.3. The van der Waals surface area contributed by atoms with Gasteiger partial charge in [-0.15, -0.1) is 0 Å². The average molecular weight is 431 g/mol. The van der Waals surface area contributed by atoms with Gasteiger partial charge in [-0.2, -0.15) is 0 Å². The van der Waals surface area contributed by atoms with Crippen LogP contribution in [0.25, 0.3) is 10.9 Å². The van der Waals surface area contributed by atoms with Crippen molar-refractivity contribution in [2.45, 2.75) is 12.8 Å². The third-order valence-corrected chi connectivity index (χ3v) is 4.26. The van der Waals surface area contributed by atoms with Crippen LogP contribution in [0.4, 0.5) is 11.4 Å². The highest BCUT2D eigenvalue weighted by atomic mass is 35.5. The highest BCUT2D eigenvalue weighted by Gasteiger charge is 2.17. The van der Waals surface area contributed by atoms with E-state index in [0.29, 0.717) is 16.7 Å². The van der Waals surface area contributed by atoms with Crippen molar-refractivity contribution in [1.82, 2.24) is 9.97 Å². The molecule has 0 bridgehead atoms. The van der Waals surface area contributed by atoms with Gasteiger partial charge in [0.1, 0.15) is 11.5 Å². The topological polar surface area (TPSA) is 144 Å². The fourth-order valence-electron chi connectivity index (χ4n) is 2.64. The van der Waals surface area contributed by atoms with Gasteiger partial charge in [0.25, 0.3) is 17.2 Å². The van der Waals surface area contributed by atoms with Gasteiger partial charge in [0.15, 0.2) is 6.61 Å². The first-order valence-corrected chi connectivity index (χ1v) is 9.08. The smallest absolute Gasteiger partial charge is 0.306 e. The quantitative estimate of drug-likeness (QED) is 0.333. The molecular weight excluding hydrogens is 416 g/mol. The van der Waals surface area contributed by atoms with Crippen LogP contribution in [0.15, 0.2) is 47.3 Å². The van der Waals surface area contributed by atoms with Crippen LogP contribution in [0.2, 0.25) is 5.02 Å². The van der Waals surface area contributed by atoms with Crippen LogP contribution in [0.1, 0.15) is 12.2 Å². The molecular formula is C19H15ClN4O6. The number of esters is 1. The monoisotopic (exact) mass is 430 g/mol. The number of aryl methyl sites for hydroxylation is 1. The Labute approximate surface area is 174 Å². The minimum atomic E-state index is -0.744. The van der Waals surface area contributed by atoms with Gasteiger partial charge in [0.2, 0.25) is 0 Å². The number of benzene rings is 2. The van der Waals surface area contributed by atoms with Crippen LogP contribution in [-0.4, -0.2) is 33.4 Å². The number of amides is 1. The van der Waals surface area contributed by atoms with Gasteiger partial charge in [-0.3, -0.25) is 24.5 Å². The third-order valence-electron chi connectivity index (χ3n) is 4.02. The molecule has 0 fully saturated rings. The van der Waals surface area contributed by atoms with Crippen LogP contribution in [0, 0.1) is 10.1 Å². The number of nitro benzene ring substituents is 1. The van der Waals surface area contributed by atoms with E-state index in [0.717, 1.165) is 6.07 Å². The molecule has 3 rings (SSSR count). The van der Waals surface area contributed by atoms with E-state index in [2.05, 4.69) is 15.3 Å². The van der Waals surface area contributed by atoms with E-state index in [4.69, 9.17) is 16.3 Å². The lowest BCUT2D eigenvalue weighted by Crippen LogP contribution is -2.22. The van der Waals surface area contributed by atoms with E-state index < -0.39 is 23.4 Å². The summed E-state index contributed by atoms with van der Waals surface area (Å²) in [5.74, 6) is -1.12. The number of nitrogens with zero attached hydrogens (tertiary/aromatic N) is 2. The molecule has 0 unspecified atom stereocenters. The molecule has 30 heavy (non-hydrogen) atoms. The molecule has 1 heterocycles. The van der Waals surface area contributed by atoms with Gasteiger partial charge in [0.05, 0.1) is 22.2 Å². The summed E-state index contributed by atoms with van der Waals surface area (Å²) in [4.78, 5) is 53.0. The van der Waals surface area contributed by atoms with Gasteiger partial charge in [0, 0.05) is 17.5 Å². The predicted molar refractivity (Wildman–Crippen MR) is 108 cm³/mol. The molecule has 0 spiro atoms. The number of hydrogen-bond donors (Lipinski definition) is 2. The second-order valence-electron chi connectivity index (χ2n) is 6.16. The first-order valence-electron chi connectivity index (χ1n) is 8.71. The van der Waals surface area contributed by atoms with Crippen molar-refractivity contribution < 1.29 is 19.2 Å². The first kappa shape index (κ1) is 20.9. The van der Waals surface area contributed by atoms with Crippen molar-refractivity contribution in [3.63, 3.8) is 0 Å². The zero-order valence-corrected chi connectivity index (χ0v) is 16.1. The van der Waals surface area contributed by atoms with Crippen LogP contribution >= 0.6 is 11.6 Å². The molecule has 0 aliphatic heterocycles. The number of anilines is 1. The molecule has 0 saturated heterocycles. The second kappa shape index (κ2) is 9.14. The number of carbonyl (C=O) groups excluding carboxylic acids is 2. The van der Waals surface area contributed by atoms with E-state index >= 15 is 0 Å². The van der Waals surface area contributed by atoms with Crippen molar-refractivity contribution in [2.75, 3.05) is 11.9 Å². The molecule has 0 aliphatic rings. The number of nitro groups is 1. The molecule has 1 aromatic heterocycles. The minimum absolute atomic E-state index is 0.0663. The summed E-state index contributed by atoms with van der Waals surface area (Å²) in [6, 6.07) is 10.6. The zero-order valence-electron chi connectivity index (χ0n) is 15.4. The molecule has 0 radical (unpaired) electrons. The van der Waals surface area contributed by atoms with Crippen LogP contribution < -0.4 is 10.9 Å². The lowest BCUT2D eigenvalue weighted by atomic mass is 10.2. The number of fused-ring (bicyclic) bond motifs is 1. The molecule has 0 atom stereocenters. The van der Waals surface area contributed by atoms with Gasteiger partial charge in [-0.25, -0.2) is 4.98 Å². The lowest BCUT2D eigenvalue weighted by Gasteiger charge is -2.07. The average Bonchev–Trinajstić information content (AvgIpc) is 2.72. The summed E-state index contributed by atoms with van der Waals surface area (Å²) < 4.78 is 4.87. The highest BCUT2D eigenvalue weighted by molar-refractivity contribution is 6.31. The van der Waals surface area contributed by atoms with Gasteiger partial charge >= 0.3 is 5.97 Å². The number of rotatable bonds is 7. The largest absolute Gasteiger partial charge is 0.456 e. The van der Waals surface area contributed by atoms with Crippen LogP contribution in [0.5, 0.6) is 0 Å². The number of para-hydroxylation sites is 1. The maximum absolute atomic E-state index is 12.0. The van der Waals surface area contributed by atoms with Gasteiger partial charge < -0.3 is 15.0 Å². The molecule has 2 N–H and O–H groups in total. The molecule has 2 aromatic carbocycles. The highest BCUT2D eigenvalue weighted by Crippen LogP contribution is 2.27. The molecule has 0 aliphatic carbocycles.